The fourth-order valence-corrected chi connectivity index (χ4v) is 5.25. The number of amides is 1. The largest absolute Gasteiger partial charge is 0.352 e. The molecular weight excluding hydrogens is 322 g/mol. The number of carbonyl (C=O) groups excluding carboxylic acids is 1. The normalized spacial score (nSPS) is 30.9. The Bertz CT molecular complexity index is 614. The molecule has 2 fully saturated rings. The molecule has 2 bridgehead atoms. The SMILES string of the molecule is CC(C)Cn1nnnc1SCC(=O)NC1CC2CCC1(C)C2(C)C. The summed E-state index contributed by atoms with van der Waals surface area (Å²) in [6.45, 7) is 12.1. The van der Waals surface area contributed by atoms with Gasteiger partial charge in [0.1, 0.15) is 0 Å². The maximum atomic E-state index is 12.4. The highest BCUT2D eigenvalue weighted by molar-refractivity contribution is 7.99. The van der Waals surface area contributed by atoms with E-state index in [4.69, 9.17) is 0 Å². The van der Waals surface area contributed by atoms with Crippen molar-refractivity contribution in [2.45, 2.75) is 71.6 Å². The molecule has 0 saturated heterocycles. The van der Waals surface area contributed by atoms with E-state index in [0.29, 0.717) is 23.1 Å². The van der Waals surface area contributed by atoms with Crippen molar-refractivity contribution in [3.8, 4) is 0 Å². The van der Waals surface area contributed by atoms with Crippen molar-refractivity contribution in [1.82, 2.24) is 25.5 Å². The van der Waals surface area contributed by atoms with Gasteiger partial charge in [0.2, 0.25) is 11.1 Å². The van der Waals surface area contributed by atoms with Crippen molar-refractivity contribution < 1.29 is 4.79 Å². The Labute approximate surface area is 148 Å². The second kappa shape index (κ2) is 6.32. The van der Waals surface area contributed by atoms with Gasteiger partial charge in [-0.3, -0.25) is 4.79 Å². The number of hydrogen-bond donors (Lipinski definition) is 1. The molecule has 3 unspecified atom stereocenters. The molecule has 6 nitrogen and oxygen atoms in total. The molecule has 2 saturated carbocycles. The maximum Gasteiger partial charge on any atom is 0.230 e. The molecule has 1 aromatic heterocycles. The number of thioether (sulfide) groups is 1. The van der Waals surface area contributed by atoms with Crippen LogP contribution in [-0.2, 0) is 11.3 Å². The molecule has 1 aromatic rings. The van der Waals surface area contributed by atoms with Crippen LogP contribution in [0, 0.1) is 22.7 Å². The summed E-state index contributed by atoms with van der Waals surface area (Å²) in [7, 11) is 0. The van der Waals surface area contributed by atoms with E-state index < -0.39 is 0 Å². The summed E-state index contributed by atoms with van der Waals surface area (Å²) >= 11 is 1.42. The van der Waals surface area contributed by atoms with E-state index in [1.165, 1.54) is 24.6 Å². The summed E-state index contributed by atoms with van der Waals surface area (Å²) in [5, 5.41) is 15.8. The molecule has 3 rings (SSSR count). The number of tetrazole rings is 1. The van der Waals surface area contributed by atoms with Crippen LogP contribution in [0.5, 0.6) is 0 Å². The maximum absolute atomic E-state index is 12.4. The van der Waals surface area contributed by atoms with Gasteiger partial charge >= 0.3 is 0 Å². The van der Waals surface area contributed by atoms with E-state index in [9.17, 15) is 4.79 Å². The summed E-state index contributed by atoms with van der Waals surface area (Å²) in [6.07, 6.45) is 3.63. The zero-order valence-electron chi connectivity index (χ0n) is 15.4. The van der Waals surface area contributed by atoms with Gasteiger partial charge in [-0.2, -0.15) is 0 Å². The molecular formula is C17H29N5OS. The number of rotatable bonds is 6. The monoisotopic (exact) mass is 351 g/mol. The summed E-state index contributed by atoms with van der Waals surface area (Å²) in [5.74, 6) is 1.67. The van der Waals surface area contributed by atoms with Crippen molar-refractivity contribution in [2.75, 3.05) is 5.75 Å². The molecule has 2 aliphatic rings. The average Bonchev–Trinajstić information content (AvgIpc) is 3.06. The van der Waals surface area contributed by atoms with Crippen LogP contribution in [0.2, 0.25) is 0 Å². The fourth-order valence-electron chi connectivity index (χ4n) is 4.55. The Balaban J connectivity index is 1.55. The Hall–Kier alpha value is -1.11. The van der Waals surface area contributed by atoms with Crippen LogP contribution < -0.4 is 5.32 Å². The number of hydrogen-bond acceptors (Lipinski definition) is 5. The lowest BCUT2D eigenvalue weighted by Gasteiger charge is -2.39. The van der Waals surface area contributed by atoms with Crippen LogP contribution in [0.4, 0.5) is 0 Å². The van der Waals surface area contributed by atoms with E-state index in [0.717, 1.165) is 24.0 Å². The molecule has 2 aliphatic carbocycles. The van der Waals surface area contributed by atoms with E-state index in [2.05, 4.69) is 55.5 Å². The van der Waals surface area contributed by atoms with Crippen molar-refractivity contribution in [2.24, 2.45) is 22.7 Å². The van der Waals surface area contributed by atoms with Crippen molar-refractivity contribution in [1.29, 1.82) is 0 Å². The number of nitrogens with one attached hydrogen (secondary N) is 1. The van der Waals surface area contributed by atoms with Gasteiger partial charge in [0.05, 0.1) is 5.75 Å². The number of aromatic nitrogens is 4. The molecule has 24 heavy (non-hydrogen) atoms. The Kier molecular flexibility index (Phi) is 4.66. The molecule has 0 aromatic carbocycles. The van der Waals surface area contributed by atoms with E-state index in [-0.39, 0.29) is 11.3 Å². The van der Waals surface area contributed by atoms with E-state index in [1.807, 2.05) is 0 Å². The summed E-state index contributed by atoms with van der Waals surface area (Å²) in [4.78, 5) is 12.4. The van der Waals surface area contributed by atoms with Crippen LogP contribution in [0.15, 0.2) is 5.16 Å². The molecule has 0 aliphatic heterocycles. The highest BCUT2D eigenvalue weighted by atomic mass is 32.2. The van der Waals surface area contributed by atoms with Gasteiger partial charge in [-0.1, -0.05) is 46.4 Å². The molecule has 1 heterocycles. The minimum atomic E-state index is 0.0914. The number of fused-ring (bicyclic) bond motifs is 2. The second-order valence-corrected chi connectivity index (χ2v) is 9.50. The van der Waals surface area contributed by atoms with Gasteiger partial charge in [0.25, 0.3) is 0 Å². The summed E-state index contributed by atoms with van der Waals surface area (Å²) in [5.41, 5.74) is 0.538. The molecule has 1 amide bonds. The van der Waals surface area contributed by atoms with Crippen LogP contribution in [0.3, 0.4) is 0 Å². The van der Waals surface area contributed by atoms with Crippen LogP contribution in [0.25, 0.3) is 0 Å². The second-order valence-electron chi connectivity index (χ2n) is 8.56. The lowest BCUT2D eigenvalue weighted by molar-refractivity contribution is -0.120. The first-order valence-electron chi connectivity index (χ1n) is 8.92. The Morgan fingerprint density at radius 2 is 2.17 bits per heavy atom. The third-order valence-electron chi connectivity index (χ3n) is 6.50. The zero-order valence-corrected chi connectivity index (χ0v) is 16.2. The standard InChI is InChI=1S/C17H29N5OS/c1-11(2)9-22-15(19-20-21-22)24-10-14(23)18-13-8-12-6-7-17(13,5)16(12,3)4/h11-13H,6-10H2,1-5H3,(H,18,23). The molecule has 1 N–H and O–H groups in total. The first kappa shape index (κ1) is 17.7. The average molecular weight is 352 g/mol. The van der Waals surface area contributed by atoms with E-state index >= 15 is 0 Å². The van der Waals surface area contributed by atoms with Gasteiger partial charge in [0, 0.05) is 12.6 Å². The summed E-state index contributed by atoms with van der Waals surface area (Å²) in [6, 6.07) is 0.297. The lowest BCUT2D eigenvalue weighted by Crippen LogP contribution is -2.47. The van der Waals surface area contributed by atoms with E-state index in [1.54, 1.807) is 4.68 Å². The van der Waals surface area contributed by atoms with Crippen LogP contribution >= 0.6 is 11.8 Å². The van der Waals surface area contributed by atoms with Crippen LogP contribution in [-0.4, -0.2) is 37.9 Å². The highest BCUT2D eigenvalue weighted by Gasteiger charge is 2.61. The smallest absolute Gasteiger partial charge is 0.230 e. The zero-order chi connectivity index (χ0) is 17.5. The van der Waals surface area contributed by atoms with Crippen LogP contribution in [0.1, 0.15) is 53.9 Å². The van der Waals surface area contributed by atoms with Crippen molar-refractivity contribution >= 4 is 17.7 Å². The fraction of sp³-hybridized carbons (Fsp3) is 0.882. The van der Waals surface area contributed by atoms with Crippen molar-refractivity contribution in [3.63, 3.8) is 0 Å². The topological polar surface area (TPSA) is 72.7 Å². The van der Waals surface area contributed by atoms with Gasteiger partial charge in [-0.05, 0) is 52.4 Å². The molecule has 134 valence electrons. The predicted octanol–water partition coefficient (Wildman–Crippen LogP) is 2.75. The van der Waals surface area contributed by atoms with Gasteiger partial charge in [0.15, 0.2) is 0 Å². The third-order valence-corrected chi connectivity index (χ3v) is 7.46. The highest BCUT2D eigenvalue weighted by Crippen LogP contribution is 2.65. The molecule has 7 heteroatoms. The van der Waals surface area contributed by atoms with Gasteiger partial charge in [-0.25, -0.2) is 4.68 Å². The minimum Gasteiger partial charge on any atom is -0.352 e. The summed E-state index contributed by atoms with van der Waals surface area (Å²) < 4.78 is 1.78. The number of carbonyl (C=O) groups is 1. The molecule has 3 atom stereocenters. The third kappa shape index (κ3) is 2.95. The van der Waals surface area contributed by atoms with Gasteiger partial charge < -0.3 is 5.32 Å². The van der Waals surface area contributed by atoms with Gasteiger partial charge in [-0.15, -0.1) is 5.10 Å². The molecule has 0 spiro atoms. The predicted molar refractivity (Wildman–Crippen MR) is 94.5 cm³/mol. The Morgan fingerprint density at radius 3 is 2.75 bits per heavy atom. The molecule has 0 radical (unpaired) electrons. The number of nitrogens with zero attached hydrogens (tertiary/aromatic N) is 4. The minimum absolute atomic E-state index is 0.0914. The first-order chi connectivity index (χ1) is 11.2. The first-order valence-corrected chi connectivity index (χ1v) is 9.91. The quantitative estimate of drug-likeness (QED) is 0.798. The Morgan fingerprint density at radius 1 is 1.42 bits per heavy atom. The van der Waals surface area contributed by atoms with Crippen molar-refractivity contribution in [3.05, 3.63) is 0 Å². The lowest BCUT2D eigenvalue weighted by atomic mass is 9.69.